The van der Waals surface area contributed by atoms with Gasteiger partial charge in [-0.15, -0.1) is 0 Å². The number of nitrogens with zero attached hydrogens (tertiary/aromatic N) is 1. The van der Waals surface area contributed by atoms with Crippen molar-refractivity contribution in [3.8, 4) is 17.4 Å². The lowest BCUT2D eigenvalue weighted by atomic mass is 10.2. The first kappa shape index (κ1) is 18.6. The number of carbonyl (C=O) groups excluding carboxylic acids is 1. The number of methoxy groups -OCH3 is 1. The van der Waals surface area contributed by atoms with E-state index >= 15 is 0 Å². The maximum Gasteiger partial charge on any atom is 0.220 e. The number of nitrogens with one attached hydrogen (secondary N) is 1. The molecule has 1 amide bonds. The summed E-state index contributed by atoms with van der Waals surface area (Å²) in [6.07, 6.45) is 2.72. The highest BCUT2D eigenvalue weighted by atomic mass is 16.5. The first-order valence-electron chi connectivity index (χ1n) is 8.33. The van der Waals surface area contributed by atoms with Crippen molar-refractivity contribution in [1.82, 2.24) is 10.3 Å². The smallest absolute Gasteiger partial charge is 0.220 e. The van der Waals surface area contributed by atoms with Crippen LogP contribution in [0.25, 0.3) is 0 Å². The molecule has 1 aromatic heterocycles. The summed E-state index contributed by atoms with van der Waals surface area (Å²) in [5, 5.41) is 2.87. The van der Waals surface area contributed by atoms with E-state index in [0.717, 1.165) is 11.3 Å². The number of ether oxygens (including phenoxy) is 3. The van der Waals surface area contributed by atoms with Gasteiger partial charge in [0.1, 0.15) is 0 Å². The van der Waals surface area contributed by atoms with E-state index in [9.17, 15) is 4.79 Å². The molecule has 25 heavy (non-hydrogen) atoms. The Morgan fingerprint density at radius 1 is 1.12 bits per heavy atom. The summed E-state index contributed by atoms with van der Waals surface area (Å²) < 4.78 is 16.2. The molecule has 6 heteroatoms. The van der Waals surface area contributed by atoms with E-state index < -0.39 is 0 Å². The van der Waals surface area contributed by atoms with Crippen molar-refractivity contribution in [2.24, 2.45) is 0 Å². The molecule has 2 rings (SSSR count). The molecule has 0 fully saturated rings. The van der Waals surface area contributed by atoms with E-state index in [2.05, 4.69) is 10.3 Å². The highest BCUT2D eigenvalue weighted by Crippen LogP contribution is 2.26. The van der Waals surface area contributed by atoms with Gasteiger partial charge in [-0.2, -0.15) is 0 Å². The van der Waals surface area contributed by atoms with Gasteiger partial charge in [0.2, 0.25) is 11.8 Å². The Labute approximate surface area is 148 Å². The molecule has 0 aliphatic heterocycles. The van der Waals surface area contributed by atoms with Crippen LogP contribution in [-0.2, 0) is 11.3 Å². The van der Waals surface area contributed by atoms with Gasteiger partial charge in [0.25, 0.3) is 0 Å². The molecular weight excluding hydrogens is 320 g/mol. The number of pyridine rings is 1. The molecule has 0 atom stereocenters. The minimum absolute atomic E-state index is 0.0162. The fraction of sp³-hybridized carbons (Fsp3) is 0.368. The molecule has 0 aliphatic carbocycles. The second-order valence-electron chi connectivity index (χ2n) is 5.32. The number of hydrogen-bond donors (Lipinski definition) is 1. The average Bonchev–Trinajstić information content (AvgIpc) is 2.65. The molecule has 0 aliphatic rings. The molecule has 0 radical (unpaired) electrons. The van der Waals surface area contributed by atoms with E-state index in [-0.39, 0.29) is 5.91 Å². The summed E-state index contributed by atoms with van der Waals surface area (Å²) in [5.74, 6) is 1.97. The minimum Gasteiger partial charge on any atom is -0.490 e. The maximum atomic E-state index is 11.9. The molecule has 0 saturated heterocycles. The van der Waals surface area contributed by atoms with Crippen molar-refractivity contribution in [2.75, 3.05) is 20.3 Å². The van der Waals surface area contributed by atoms with Gasteiger partial charge >= 0.3 is 0 Å². The van der Waals surface area contributed by atoms with Gasteiger partial charge in [-0.05, 0) is 31.0 Å². The van der Waals surface area contributed by atoms with Crippen molar-refractivity contribution in [3.05, 3.63) is 48.2 Å². The average molecular weight is 344 g/mol. The maximum absolute atomic E-state index is 11.9. The predicted octanol–water partition coefficient (Wildman–Crippen LogP) is 2.96. The van der Waals surface area contributed by atoms with Crippen molar-refractivity contribution in [1.29, 1.82) is 0 Å². The van der Waals surface area contributed by atoms with Crippen molar-refractivity contribution in [3.63, 3.8) is 0 Å². The molecule has 2 aromatic rings. The van der Waals surface area contributed by atoms with Crippen molar-refractivity contribution >= 4 is 5.91 Å². The van der Waals surface area contributed by atoms with Gasteiger partial charge in [-0.1, -0.05) is 18.2 Å². The van der Waals surface area contributed by atoms with E-state index in [1.807, 2.05) is 37.3 Å². The Morgan fingerprint density at radius 3 is 2.52 bits per heavy atom. The third-order valence-electron chi connectivity index (χ3n) is 3.45. The largest absolute Gasteiger partial charge is 0.490 e. The molecule has 1 heterocycles. The van der Waals surface area contributed by atoms with E-state index in [1.54, 1.807) is 19.4 Å². The Hall–Kier alpha value is -2.76. The van der Waals surface area contributed by atoms with Crippen molar-refractivity contribution in [2.45, 2.75) is 26.3 Å². The molecule has 1 aromatic carbocycles. The number of aromatic nitrogens is 1. The van der Waals surface area contributed by atoms with E-state index in [1.165, 1.54) is 0 Å². The zero-order chi connectivity index (χ0) is 17.9. The molecule has 0 spiro atoms. The van der Waals surface area contributed by atoms with E-state index in [0.29, 0.717) is 44.2 Å². The van der Waals surface area contributed by atoms with Crippen LogP contribution in [0.3, 0.4) is 0 Å². The second-order valence-corrected chi connectivity index (χ2v) is 5.32. The van der Waals surface area contributed by atoms with Crippen LogP contribution in [0.2, 0.25) is 0 Å². The number of hydrogen-bond acceptors (Lipinski definition) is 5. The van der Waals surface area contributed by atoms with Crippen LogP contribution in [0.4, 0.5) is 0 Å². The first-order valence-corrected chi connectivity index (χ1v) is 8.33. The van der Waals surface area contributed by atoms with Crippen molar-refractivity contribution < 1.29 is 19.0 Å². The van der Waals surface area contributed by atoms with Gasteiger partial charge in [-0.3, -0.25) is 4.79 Å². The van der Waals surface area contributed by atoms with Gasteiger partial charge in [0.05, 0.1) is 20.3 Å². The topological polar surface area (TPSA) is 69.7 Å². The lowest BCUT2D eigenvalue weighted by Gasteiger charge is -2.11. The summed E-state index contributed by atoms with van der Waals surface area (Å²) in [4.78, 5) is 16.0. The van der Waals surface area contributed by atoms with Gasteiger partial charge in [0.15, 0.2) is 11.5 Å². The SMILES string of the molecule is CCOc1ccccc1OCCCC(=O)NCc1ccc(OC)nc1. The normalized spacial score (nSPS) is 10.2. The number of rotatable bonds is 10. The Kier molecular flexibility index (Phi) is 7.56. The second kappa shape index (κ2) is 10.2. The highest BCUT2D eigenvalue weighted by Gasteiger charge is 2.05. The van der Waals surface area contributed by atoms with Crippen LogP contribution in [0.5, 0.6) is 17.4 Å². The summed E-state index contributed by atoms with van der Waals surface area (Å²) in [6, 6.07) is 11.2. The molecular formula is C19H24N2O4. The zero-order valence-corrected chi connectivity index (χ0v) is 14.7. The lowest BCUT2D eigenvalue weighted by Crippen LogP contribution is -2.23. The Bertz CT molecular complexity index is 659. The third-order valence-corrected chi connectivity index (χ3v) is 3.45. The standard InChI is InChI=1S/C19H24N2O4/c1-3-24-16-7-4-5-8-17(16)25-12-6-9-18(22)20-13-15-10-11-19(23-2)21-14-15/h4-5,7-8,10-11,14H,3,6,9,12-13H2,1-2H3,(H,20,22). The Balaban J connectivity index is 1.66. The van der Waals surface area contributed by atoms with Gasteiger partial charge in [-0.25, -0.2) is 4.98 Å². The quantitative estimate of drug-likeness (QED) is 0.671. The highest BCUT2D eigenvalue weighted by molar-refractivity contribution is 5.75. The third kappa shape index (κ3) is 6.33. The van der Waals surface area contributed by atoms with Crippen LogP contribution in [0, 0.1) is 0 Å². The summed E-state index contributed by atoms with van der Waals surface area (Å²) in [7, 11) is 1.57. The Morgan fingerprint density at radius 2 is 1.88 bits per heavy atom. The van der Waals surface area contributed by atoms with Crippen LogP contribution >= 0.6 is 0 Å². The molecule has 0 unspecified atom stereocenters. The fourth-order valence-electron chi connectivity index (χ4n) is 2.18. The summed E-state index contributed by atoms with van der Waals surface area (Å²) in [5.41, 5.74) is 0.927. The predicted molar refractivity (Wildman–Crippen MR) is 95.0 cm³/mol. The lowest BCUT2D eigenvalue weighted by molar-refractivity contribution is -0.121. The fourth-order valence-corrected chi connectivity index (χ4v) is 2.18. The number of para-hydroxylation sites is 2. The van der Waals surface area contributed by atoms with Crippen LogP contribution in [0.1, 0.15) is 25.3 Å². The molecule has 1 N–H and O–H groups in total. The summed E-state index contributed by atoms with van der Waals surface area (Å²) >= 11 is 0. The first-order chi connectivity index (χ1) is 12.2. The minimum atomic E-state index is -0.0162. The molecule has 0 bridgehead atoms. The number of carbonyl (C=O) groups is 1. The molecule has 0 saturated carbocycles. The molecule has 134 valence electrons. The summed E-state index contributed by atoms with van der Waals surface area (Å²) in [6.45, 7) is 3.42. The van der Waals surface area contributed by atoms with Crippen LogP contribution < -0.4 is 19.5 Å². The van der Waals surface area contributed by atoms with E-state index in [4.69, 9.17) is 14.2 Å². The number of amides is 1. The van der Waals surface area contributed by atoms with Gasteiger partial charge in [0, 0.05) is 25.2 Å². The molecule has 6 nitrogen and oxygen atoms in total. The number of benzene rings is 1. The monoisotopic (exact) mass is 344 g/mol. The van der Waals surface area contributed by atoms with Crippen LogP contribution in [-0.4, -0.2) is 31.2 Å². The van der Waals surface area contributed by atoms with Gasteiger partial charge < -0.3 is 19.5 Å². The van der Waals surface area contributed by atoms with Crippen LogP contribution in [0.15, 0.2) is 42.6 Å². The zero-order valence-electron chi connectivity index (χ0n) is 14.7.